The van der Waals surface area contributed by atoms with Gasteiger partial charge in [0.2, 0.25) is 0 Å². The molecule has 146 valence electrons. The molecule has 1 aliphatic rings. The summed E-state index contributed by atoms with van der Waals surface area (Å²) in [6.07, 6.45) is 2.65. The Bertz CT molecular complexity index is 906. The highest BCUT2D eigenvalue weighted by molar-refractivity contribution is 8.26. The number of amides is 1. The lowest BCUT2D eigenvalue weighted by molar-refractivity contribution is -0.121. The number of carbonyl (C=O) groups is 1. The Morgan fingerprint density at radius 2 is 1.64 bits per heavy atom. The zero-order chi connectivity index (χ0) is 20.1. The molecule has 2 aromatic rings. The van der Waals surface area contributed by atoms with Crippen LogP contribution in [0.4, 0.5) is 0 Å². The van der Waals surface area contributed by atoms with Crippen LogP contribution < -0.4 is 9.47 Å². The molecule has 3 rings (SSSR count). The van der Waals surface area contributed by atoms with Gasteiger partial charge in [0.25, 0.3) is 5.91 Å². The van der Waals surface area contributed by atoms with Gasteiger partial charge in [-0.2, -0.15) is 0 Å². The zero-order valence-corrected chi connectivity index (χ0v) is 17.9. The summed E-state index contributed by atoms with van der Waals surface area (Å²) in [5, 5.41) is 0. The van der Waals surface area contributed by atoms with Crippen LogP contribution in [0.15, 0.2) is 47.4 Å². The van der Waals surface area contributed by atoms with E-state index < -0.39 is 0 Å². The summed E-state index contributed by atoms with van der Waals surface area (Å²) >= 11 is 6.47. The maximum absolute atomic E-state index is 12.0. The fourth-order valence-electron chi connectivity index (χ4n) is 2.60. The molecule has 0 atom stereocenters. The number of aryl methyl sites for hydroxylation is 2. The smallest absolute Gasteiger partial charge is 0.265 e. The molecular formula is C22H23NO3S2. The summed E-state index contributed by atoms with van der Waals surface area (Å²) in [7, 11) is 1.69. The molecule has 0 spiro atoms. The number of nitrogens with zero attached hydrogens (tertiary/aromatic N) is 1. The normalized spacial score (nSPS) is 15.4. The van der Waals surface area contributed by atoms with Gasteiger partial charge in [-0.05, 0) is 60.9 Å². The molecule has 4 nitrogen and oxygen atoms in total. The van der Waals surface area contributed by atoms with Crippen LogP contribution >= 0.6 is 24.0 Å². The maximum atomic E-state index is 12.0. The monoisotopic (exact) mass is 413 g/mol. The lowest BCUT2D eigenvalue weighted by Crippen LogP contribution is -2.22. The zero-order valence-electron chi connectivity index (χ0n) is 16.2. The second-order valence-electron chi connectivity index (χ2n) is 6.61. The van der Waals surface area contributed by atoms with Gasteiger partial charge in [0, 0.05) is 13.5 Å². The Balaban J connectivity index is 1.44. The maximum Gasteiger partial charge on any atom is 0.265 e. The molecule has 0 aliphatic carbocycles. The molecule has 0 saturated carbocycles. The summed E-state index contributed by atoms with van der Waals surface area (Å²) in [6.45, 7) is 5.36. The minimum absolute atomic E-state index is 0.0564. The molecule has 0 bridgehead atoms. The minimum Gasteiger partial charge on any atom is -0.493 e. The Labute approximate surface area is 175 Å². The fraction of sp³-hybridized carbons (Fsp3) is 0.273. The van der Waals surface area contributed by atoms with Gasteiger partial charge in [0.15, 0.2) is 0 Å². The molecule has 0 unspecified atom stereocenters. The van der Waals surface area contributed by atoms with Crippen molar-refractivity contribution in [2.24, 2.45) is 0 Å². The number of rotatable bonds is 7. The Morgan fingerprint density at radius 1 is 1.00 bits per heavy atom. The molecular weight excluding hydrogens is 390 g/mol. The van der Waals surface area contributed by atoms with Crippen molar-refractivity contribution in [2.75, 3.05) is 20.3 Å². The van der Waals surface area contributed by atoms with E-state index in [1.54, 1.807) is 7.05 Å². The summed E-state index contributed by atoms with van der Waals surface area (Å²) in [5.74, 6) is 1.63. The van der Waals surface area contributed by atoms with E-state index >= 15 is 0 Å². The summed E-state index contributed by atoms with van der Waals surface area (Å²) in [5.41, 5.74) is 3.44. The molecule has 1 amide bonds. The third-order valence-corrected chi connectivity index (χ3v) is 5.95. The standard InChI is InChI=1S/C22H23NO3S2/c1-15-5-8-19(13-16(15)2)26-12-4-11-25-18-9-6-17(7-10-18)14-20-21(24)23(3)22(27)28-20/h5-10,13-14H,4,11-12H2,1-3H3/b20-14+. The molecule has 1 heterocycles. The Hall–Kier alpha value is -2.31. The second kappa shape index (κ2) is 9.26. The van der Waals surface area contributed by atoms with Gasteiger partial charge in [-0.1, -0.05) is 42.2 Å². The number of thioether (sulfide) groups is 1. The van der Waals surface area contributed by atoms with Crippen molar-refractivity contribution in [2.45, 2.75) is 20.3 Å². The van der Waals surface area contributed by atoms with Crippen LogP contribution in [0, 0.1) is 13.8 Å². The Morgan fingerprint density at radius 3 is 2.25 bits per heavy atom. The number of likely N-dealkylation sites (N-methyl/N-ethyl adjacent to an activating group) is 1. The highest BCUT2D eigenvalue weighted by atomic mass is 32.2. The van der Waals surface area contributed by atoms with Crippen LogP contribution in [0.25, 0.3) is 6.08 Å². The first kappa shape index (κ1) is 20.4. The number of benzene rings is 2. The van der Waals surface area contributed by atoms with Crippen LogP contribution in [0.2, 0.25) is 0 Å². The number of hydrogen-bond acceptors (Lipinski definition) is 5. The third-order valence-electron chi connectivity index (χ3n) is 4.47. The van der Waals surface area contributed by atoms with Crippen LogP contribution in [0.5, 0.6) is 11.5 Å². The average molecular weight is 414 g/mol. The first-order valence-electron chi connectivity index (χ1n) is 9.08. The predicted molar refractivity (Wildman–Crippen MR) is 119 cm³/mol. The third kappa shape index (κ3) is 5.14. The van der Waals surface area contributed by atoms with Crippen molar-refractivity contribution in [3.05, 3.63) is 64.1 Å². The quantitative estimate of drug-likeness (QED) is 0.364. The summed E-state index contributed by atoms with van der Waals surface area (Å²) in [4.78, 5) is 14.2. The molecule has 2 aromatic carbocycles. The molecule has 1 fully saturated rings. The van der Waals surface area contributed by atoms with E-state index in [-0.39, 0.29) is 5.91 Å². The SMILES string of the molecule is Cc1ccc(OCCCOc2ccc(/C=C3/SC(=S)N(C)C3=O)cc2)cc1C. The van der Waals surface area contributed by atoms with E-state index in [0.717, 1.165) is 23.5 Å². The van der Waals surface area contributed by atoms with E-state index in [2.05, 4.69) is 26.0 Å². The first-order chi connectivity index (χ1) is 13.4. The number of carbonyl (C=O) groups excluding carboxylic acids is 1. The van der Waals surface area contributed by atoms with Gasteiger partial charge in [-0.3, -0.25) is 9.69 Å². The van der Waals surface area contributed by atoms with Gasteiger partial charge in [-0.15, -0.1) is 0 Å². The van der Waals surface area contributed by atoms with Gasteiger partial charge in [0.1, 0.15) is 15.8 Å². The molecule has 1 saturated heterocycles. The largest absolute Gasteiger partial charge is 0.493 e. The van der Waals surface area contributed by atoms with E-state index in [9.17, 15) is 4.79 Å². The van der Waals surface area contributed by atoms with Crippen molar-refractivity contribution < 1.29 is 14.3 Å². The molecule has 28 heavy (non-hydrogen) atoms. The lowest BCUT2D eigenvalue weighted by atomic mass is 10.1. The minimum atomic E-state index is -0.0564. The first-order valence-corrected chi connectivity index (χ1v) is 10.3. The number of thiocarbonyl (C=S) groups is 1. The van der Waals surface area contributed by atoms with Crippen molar-refractivity contribution >= 4 is 40.3 Å². The number of ether oxygens (including phenoxy) is 2. The highest BCUT2D eigenvalue weighted by Gasteiger charge is 2.28. The summed E-state index contributed by atoms with van der Waals surface area (Å²) < 4.78 is 12.1. The van der Waals surface area contributed by atoms with Crippen molar-refractivity contribution in [3.63, 3.8) is 0 Å². The van der Waals surface area contributed by atoms with Gasteiger partial charge < -0.3 is 9.47 Å². The molecule has 0 radical (unpaired) electrons. The fourth-order valence-corrected chi connectivity index (χ4v) is 3.78. The average Bonchev–Trinajstić information content (AvgIpc) is 2.92. The second-order valence-corrected chi connectivity index (χ2v) is 8.28. The van der Waals surface area contributed by atoms with Gasteiger partial charge in [-0.25, -0.2) is 0 Å². The Kier molecular flexibility index (Phi) is 6.75. The van der Waals surface area contributed by atoms with Gasteiger partial charge >= 0.3 is 0 Å². The van der Waals surface area contributed by atoms with Crippen LogP contribution in [0.1, 0.15) is 23.1 Å². The van der Waals surface area contributed by atoms with E-state index in [0.29, 0.717) is 22.4 Å². The topological polar surface area (TPSA) is 38.8 Å². The molecule has 0 N–H and O–H groups in total. The van der Waals surface area contributed by atoms with E-state index in [1.807, 2.05) is 36.4 Å². The molecule has 0 aromatic heterocycles. The highest BCUT2D eigenvalue weighted by Crippen LogP contribution is 2.31. The van der Waals surface area contributed by atoms with Crippen molar-refractivity contribution in [1.82, 2.24) is 4.90 Å². The van der Waals surface area contributed by atoms with Gasteiger partial charge in [0.05, 0.1) is 18.1 Å². The number of hydrogen-bond donors (Lipinski definition) is 0. The lowest BCUT2D eigenvalue weighted by Gasteiger charge is -2.09. The molecule has 1 aliphatic heterocycles. The van der Waals surface area contributed by atoms with Crippen LogP contribution in [-0.2, 0) is 4.79 Å². The van der Waals surface area contributed by atoms with Crippen LogP contribution in [-0.4, -0.2) is 35.4 Å². The predicted octanol–water partition coefficient (Wildman–Crippen LogP) is 4.98. The molecule has 6 heteroatoms. The van der Waals surface area contributed by atoms with E-state index in [1.165, 1.54) is 27.8 Å². The van der Waals surface area contributed by atoms with E-state index in [4.69, 9.17) is 21.7 Å². The van der Waals surface area contributed by atoms with Crippen molar-refractivity contribution in [1.29, 1.82) is 0 Å². The van der Waals surface area contributed by atoms with Crippen molar-refractivity contribution in [3.8, 4) is 11.5 Å². The van der Waals surface area contributed by atoms with Crippen LogP contribution in [0.3, 0.4) is 0 Å². The summed E-state index contributed by atoms with van der Waals surface area (Å²) in [6, 6.07) is 13.8.